The van der Waals surface area contributed by atoms with Crippen molar-refractivity contribution in [1.82, 2.24) is 0 Å². The molecule has 9 heteroatoms. The molecule has 0 aliphatic carbocycles. The fraction of sp³-hybridized carbons (Fsp3) is 0.200. The van der Waals surface area contributed by atoms with Crippen molar-refractivity contribution in [3.63, 3.8) is 0 Å². The van der Waals surface area contributed by atoms with E-state index >= 15 is 0 Å². The topological polar surface area (TPSA) is 107 Å². The summed E-state index contributed by atoms with van der Waals surface area (Å²) in [5.74, 6) is 0. The molecule has 126 valence electrons. The molecule has 24 heavy (non-hydrogen) atoms. The number of sulfonamides is 1. The van der Waals surface area contributed by atoms with Crippen LogP contribution in [0.5, 0.6) is 0 Å². The van der Waals surface area contributed by atoms with E-state index in [0.29, 0.717) is 18.8 Å². The third-order valence-electron chi connectivity index (χ3n) is 3.83. The molecule has 0 saturated heterocycles. The maximum Gasteiger partial charge on any atom is 0.272 e. The molecule has 0 bridgehead atoms. The molecule has 1 aromatic carbocycles. The summed E-state index contributed by atoms with van der Waals surface area (Å²) in [6.45, 7) is 1.20. The Labute approximate surface area is 143 Å². The van der Waals surface area contributed by atoms with Gasteiger partial charge in [-0.1, -0.05) is 12.1 Å². The second-order valence-electron chi connectivity index (χ2n) is 5.39. The van der Waals surface area contributed by atoms with Gasteiger partial charge < -0.3 is 4.90 Å². The standard InChI is InChI=1S/C15H15N3O4S2/c16-24(21,22)14-9-12(8-13(10-14)18(19)20)17-5-3-11(4-6-17)15-2-1-7-23-15/h1-3,7-10H,4-6H2,(H2,16,21,22). The van der Waals surface area contributed by atoms with Crippen molar-refractivity contribution in [2.24, 2.45) is 5.14 Å². The van der Waals surface area contributed by atoms with E-state index in [9.17, 15) is 18.5 Å². The van der Waals surface area contributed by atoms with Crippen LogP contribution in [0.1, 0.15) is 11.3 Å². The number of nitrogens with two attached hydrogens (primary N) is 1. The van der Waals surface area contributed by atoms with Gasteiger partial charge >= 0.3 is 0 Å². The second kappa shape index (κ2) is 6.34. The number of rotatable bonds is 4. The molecule has 1 aromatic heterocycles. The quantitative estimate of drug-likeness (QED) is 0.662. The van der Waals surface area contributed by atoms with E-state index in [1.54, 1.807) is 11.3 Å². The number of primary sulfonamides is 1. The first-order valence-corrected chi connectivity index (χ1v) is 9.57. The number of nitrogens with zero attached hydrogens (tertiary/aromatic N) is 2. The van der Waals surface area contributed by atoms with Crippen molar-refractivity contribution in [2.75, 3.05) is 18.0 Å². The highest BCUT2D eigenvalue weighted by atomic mass is 32.2. The first-order valence-electron chi connectivity index (χ1n) is 7.15. The van der Waals surface area contributed by atoms with E-state index in [-0.39, 0.29) is 10.6 Å². The van der Waals surface area contributed by atoms with Crippen molar-refractivity contribution < 1.29 is 13.3 Å². The van der Waals surface area contributed by atoms with Crippen LogP contribution in [0.15, 0.2) is 46.7 Å². The van der Waals surface area contributed by atoms with Crippen molar-refractivity contribution in [3.8, 4) is 0 Å². The number of hydrogen-bond acceptors (Lipinski definition) is 6. The van der Waals surface area contributed by atoms with E-state index in [2.05, 4.69) is 12.1 Å². The third kappa shape index (κ3) is 3.48. The van der Waals surface area contributed by atoms with E-state index in [0.717, 1.165) is 12.5 Å². The zero-order chi connectivity index (χ0) is 17.3. The molecule has 2 N–H and O–H groups in total. The predicted molar refractivity (Wildman–Crippen MR) is 93.6 cm³/mol. The van der Waals surface area contributed by atoms with Crippen molar-refractivity contribution in [1.29, 1.82) is 0 Å². The van der Waals surface area contributed by atoms with Crippen LogP contribution < -0.4 is 10.0 Å². The van der Waals surface area contributed by atoms with Gasteiger partial charge in [0.25, 0.3) is 5.69 Å². The smallest absolute Gasteiger partial charge is 0.272 e. The molecule has 1 aliphatic rings. The summed E-state index contributed by atoms with van der Waals surface area (Å²) in [5, 5.41) is 18.2. The summed E-state index contributed by atoms with van der Waals surface area (Å²) in [6.07, 6.45) is 2.85. The highest BCUT2D eigenvalue weighted by Gasteiger charge is 2.21. The lowest BCUT2D eigenvalue weighted by Crippen LogP contribution is -2.28. The monoisotopic (exact) mass is 365 g/mol. The Hall–Kier alpha value is -2.23. The highest BCUT2D eigenvalue weighted by molar-refractivity contribution is 7.89. The van der Waals surface area contributed by atoms with Crippen LogP contribution in [-0.4, -0.2) is 26.4 Å². The molecule has 0 amide bonds. The molecule has 2 aromatic rings. The van der Waals surface area contributed by atoms with Gasteiger partial charge in [0, 0.05) is 35.8 Å². The van der Waals surface area contributed by atoms with E-state index in [1.807, 2.05) is 16.3 Å². The molecule has 0 unspecified atom stereocenters. The number of nitro groups is 1. The number of anilines is 1. The average molecular weight is 365 g/mol. The molecular weight excluding hydrogens is 350 g/mol. The molecule has 0 saturated carbocycles. The molecule has 0 atom stereocenters. The van der Waals surface area contributed by atoms with Crippen LogP contribution in [0.25, 0.3) is 5.57 Å². The largest absolute Gasteiger partial charge is 0.367 e. The summed E-state index contributed by atoms with van der Waals surface area (Å²) in [4.78, 5) is 13.3. The normalized spacial score (nSPS) is 15.2. The maximum atomic E-state index is 11.6. The summed E-state index contributed by atoms with van der Waals surface area (Å²) < 4.78 is 23.2. The number of non-ortho nitro benzene ring substituents is 1. The van der Waals surface area contributed by atoms with Gasteiger partial charge in [-0.2, -0.15) is 0 Å². The molecule has 1 aliphatic heterocycles. The van der Waals surface area contributed by atoms with Crippen LogP contribution in [0.3, 0.4) is 0 Å². The average Bonchev–Trinajstić information content (AvgIpc) is 3.08. The van der Waals surface area contributed by atoms with Crippen LogP contribution in [0.2, 0.25) is 0 Å². The zero-order valence-corrected chi connectivity index (χ0v) is 14.2. The van der Waals surface area contributed by atoms with E-state index < -0.39 is 14.9 Å². The number of benzene rings is 1. The summed E-state index contributed by atoms with van der Waals surface area (Å²) in [6, 6.07) is 7.78. The van der Waals surface area contributed by atoms with Gasteiger partial charge in [0.2, 0.25) is 10.0 Å². The molecule has 0 fully saturated rings. The van der Waals surface area contributed by atoms with Gasteiger partial charge in [0.1, 0.15) is 0 Å². The SMILES string of the molecule is NS(=O)(=O)c1cc(N2CC=C(c3cccs3)CC2)cc([N+](=O)[O-])c1. The Morgan fingerprint density at radius 2 is 2.08 bits per heavy atom. The molecule has 0 spiro atoms. The second-order valence-corrected chi connectivity index (χ2v) is 7.90. The Morgan fingerprint density at radius 1 is 1.29 bits per heavy atom. The van der Waals surface area contributed by atoms with Gasteiger partial charge in [-0.3, -0.25) is 10.1 Å². The zero-order valence-electron chi connectivity index (χ0n) is 12.6. The van der Waals surface area contributed by atoms with Crippen LogP contribution in [-0.2, 0) is 10.0 Å². The van der Waals surface area contributed by atoms with Gasteiger partial charge in [-0.05, 0) is 29.5 Å². The van der Waals surface area contributed by atoms with Gasteiger partial charge in [-0.15, -0.1) is 11.3 Å². The number of nitro benzene ring substituents is 1. The lowest BCUT2D eigenvalue weighted by atomic mass is 10.1. The minimum atomic E-state index is -4.01. The fourth-order valence-electron chi connectivity index (χ4n) is 2.61. The van der Waals surface area contributed by atoms with Gasteiger partial charge in [0.05, 0.1) is 9.82 Å². The first kappa shape index (κ1) is 16.6. The summed E-state index contributed by atoms with van der Waals surface area (Å²) >= 11 is 1.67. The minimum absolute atomic E-state index is 0.250. The lowest BCUT2D eigenvalue weighted by molar-refractivity contribution is -0.385. The van der Waals surface area contributed by atoms with Crippen LogP contribution in [0.4, 0.5) is 11.4 Å². The Kier molecular flexibility index (Phi) is 4.39. The van der Waals surface area contributed by atoms with Crippen molar-refractivity contribution in [2.45, 2.75) is 11.3 Å². The van der Waals surface area contributed by atoms with Crippen molar-refractivity contribution >= 4 is 38.3 Å². The summed E-state index contributed by atoms with van der Waals surface area (Å²) in [5.41, 5.74) is 1.43. The number of hydrogen-bond donors (Lipinski definition) is 1. The molecular formula is C15H15N3O4S2. The number of thiophene rings is 1. The molecule has 3 rings (SSSR count). The Bertz CT molecular complexity index is 905. The highest BCUT2D eigenvalue weighted by Crippen LogP contribution is 2.31. The maximum absolute atomic E-state index is 11.6. The van der Waals surface area contributed by atoms with E-state index in [1.165, 1.54) is 22.6 Å². The van der Waals surface area contributed by atoms with E-state index in [4.69, 9.17) is 5.14 Å². The minimum Gasteiger partial charge on any atom is -0.367 e. The molecule has 0 radical (unpaired) electrons. The van der Waals surface area contributed by atoms with Gasteiger partial charge in [-0.25, -0.2) is 13.6 Å². The van der Waals surface area contributed by atoms with Gasteiger partial charge in [0.15, 0.2) is 0 Å². The van der Waals surface area contributed by atoms with Crippen molar-refractivity contribution in [3.05, 3.63) is 56.8 Å². The summed E-state index contributed by atoms with van der Waals surface area (Å²) in [7, 11) is -4.01. The lowest BCUT2D eigenvalue weighted by Gasteiger charge is -2.28. The third-order valence-corrected chi connectivity index (χ3v) is 5.67. The molecule has 2 heterocycles. The Balaban J connectivity index is 1.93. The first-order chi connectivity index (χ1) is 11.3. The predicted octanol–water partition coefficient (Wildman–Crippen LogP) is 2.60. The fourth-order valence-corrected chi connectivity index (χ4v) is 3.98. The molecule has 7 nitrogen and oxygen atoms in total. The van der Waals surface area contributed by atoms with Crippen LogP contribution >= 0.6 is 11.3 Å². The van der Waals surface area contributed by atoms with Crippen LogP contribution in [0, 0.1) is 10.1 Å². The Morgan fingerprint density at radius 3 is 2.62 bits per heavy atom.